The van der Waals surface area contributed by atoms with Gasteiger partial charge in [0, 0.05) is 24.1 Å². The Hall–Kier alpha value is -4.59. The Morgan fingerprint density at radius 2 is 1.66 bits per heavy atom. The van der Waals surface area contributed by atoms with Crippen LogP contribution >= 0.6 is 0 Å². The van der Waals surface area contributed by atoms with Gasteiger partial charge in [-0.15, -0.1) is 0 Å². The molecule has 35 heavy (non-hydrogen) atoms. The second-order valence-corrected chi connectivity index (χ2v) is 7.58. The summed E-state index contributed by atoms with van der Waals surface area (Å²) in [6.45, 7) is 0.189. The normalized spacial score (nSPS) is 10.5. The molecular formula is C27H23NO7. The Balaban J connectivity index is 1.35. The Morgan fingerprint density at radius 3 is 2.40 bits per heavy atom. The van der Waals surface area contributed by atoms with Gasteiger partial charge in [-0.25, -0.2) is 9.59 Å². The highest BCUT2D eigenvalue weighted by Gasteiger charge is 2.12. The van der Waals surface area contributed by atoms with Crippen molar-refractivity contribution in [3.05, 3.63) is 94.8 Å². The summed E-state index contributed by atoms with van der Waals surface area (Å²) in [6.07, 6.45) is -0.686. The summed E-state index contributed by atoms with van der Waals surface area (Å²) >= 11 is 0. The summed E-state index contributed by atoms with van der Waals surface area (Å²) in [5, 5.41) is 3.20. The fourth-order valence-electron chi connectivity index (χ4n) is 3.44. The molecule has 4 aromatic rings. The fraction of sp³-hybridized carbons (Fsp3) is 0.148. The van der Waals surface area contributed by atoms with Crippen molar-refractivity contribution in [1.29, 1.82) is 0 Å². The predicted molar refractivity (Wildman–Crippen MR) is 129 cm³/mol. The molecule has 178 valence electrons. The minimum absolute atomic E-state index is 0.0523. The predicted octanol–water partition coefficient (Wildman–Crippen LogP) is 4.69. The van der Waals surface area contributed by atoms with Crippen LogP contribution in [0.5, 0.6) is 11.5 Å². The third kappa shape index (κ3) is 6.26. The molecule has 0 aliphatic rings. The minimum Gasteiger partial charge on any atom is -0.497 e. The van der Waals surface area contributed by atoms with Crippen molar-refractivity contribution < 1.29 is 28.2 Å². The van der Waals surface area contributed by atoms with E-state index in [1.54, 1.807) is 31.4 Å². The quantitative estimate of drug-likeness (QED) is 0.225. The van der Waals surface area contributed by atoms with Crippen LogP contribution in [-0.2, 0) is 16.1 Å². The van der Waals surface area contributed by atoms with E-state index in [2.05, 4.69) is 5.32 Å². The molecule has 1 heterocycles. The second-order valence-electron chi connectivity index (χ2n) is 7.58. The van der Waals surface area contributed by atoms with Crippen molar-refractivity contribution in [2.75, 3.05) is 13.7 Å². The number of amides is 1. The highest BCUT2D eigenvalue weighted by atomic mass is 16.5. The monoisotopic (exact) mass is 473 g/mol. The Morgan fingerprint density at radius 1 is 0.914 bits per heavy atom. The molecule has 0 unspecified atom stereocenters. The standard InChI is InChI=1S/C27H23NO7/c1-32-20-9-7-19(8-10-20)23-16-26(30)35-24-15-21(11-12-22(23)24)34-25(29)13-14-28-27(31)33-17-18-5-3-2-4-6-18/h2-12,15-16H,13-14,17H2,1H3,(H,28,31). The topological polar surface area (TPSA) is 104 Å². The molecule has 0 atom stereocenters. The summed E-state index contributed by atoms with van der Waals surface area (Å²) in [4.78, 5) is 36.1. The van der Waals surface area contributed by atoms with Gasteiger partial charge in [-0.1, -0.05) is 42.5 Å². The Bertz CT molecular complexity index is 1380. The van der Waals surface area contributed by atoms with Gasteiger partial charge in [0.25, 0.3) is 0 Å². The lowest BCUT2D eigenvalue weighted by Gasteiger charge is -2.09. The van der Waals surface area contributed by atoms with Crippen LogP contribution in [0.3, 0.4) is 0 Å². The van der Waals surface area contributed by atoms with E-state index in [4.69, 9.17) is 18.6 Å². The fourth-order valence-corrected chi connectivity index (χ4v) is 3.44. The number of alkyl carbamates (subject to hydrolysis) is 1. The molecule has 1 N–H and O–H groups in total. The van der Waals surface area contributed by atoms with Gasteiger partial charge in [-0.2, -0.15) is 0 Å². The molecular weight excluding hydrogens is 450 g/mol. The van der Waals surface area contributed by atoms with Crippen LogP contribution in [0.4, 0.5) is 4.79 Å². The van der Waals surface area contributed by atoms with Gasteiger partial charge >= 0.3 is 17.7 Å². The van der Waals surface area contributed by atoms with Gasteiger partial charge in [0.2, 0.25) is 0 Å². The molecule has 0 aliphatic carbocycles. The van der Waals surface area contributed by atoms with Crippen LogP contribution < -0.4 is 20.4 Å². The first kappa shape index (κ1) is 23.6. The van der Waals surface area contributed by atoms with Crippen molar-refractivity contribution in [3.63, 3.8) is 0 Å². The maximum Gasteiger partial charge on any atom is 0.407 e. The smallest absolute Gasteiger partial charge is 0.407 e. The summed E-state index contributed by atoms with van der Waals surface area (Å²) < 4.78 is 20.9. The zero-order chi connectivity index (χ0) is 24.6. The van der Waals surface area contributed by atoms with E-state index in [-0.39, 0.29) is 30.9 Å². The first-order chi connectivity index (χ1) is 17.0. The third-order valence-electron chi connectivity index (χ3n) is 5.16. The molecule has 1 amide bonds. The number of fused-ring (bicyclic) bond motifs is 1. The van der Waals surface area contributed by atoms with Crippen LogP contribution in [0.25, 0.3) is 22.1 Å². The third-order valence-corrected chi connectivity index (χ3v) is 5.16. The second kappa shape index (κ2) is 11.0. The molecule has 1 aromatic heterocycles. The van der Waals surface area contributed by atoms with Gasteiger partial charge < -0.3 is 23.9 Å². The molecule has 4 rings (SSSR count). The molecule has 8 nitrogen and oxygen atoms in total. The van der Waals surface area contributed by atoms with E-state index in [9.17, 15) is 14.4 Å². The number of rotatable bonds is 8. The van der Waals surface area contributed by atoms with E-state index in [1.165, 1.54) is 12.1 Å². The first-order valence-electron chi connectivity index (χ1n) is 10.9. The lowest BCUT2D eigenvalue weighted by Crippen LogP contribution is -2.27. The maximum atomic E-state index is 12.2. The van der Waals surface area contributed by atoms with Crippen LogP contribution in [0.2, 0.25) is 0 Å². The maximum absolute atomic E-state index is 12.2. The molecule has 0 fully saturated rings. The van der Waals surface area contributed by atoms with Gasteiger partial charge in [0.05, 0.1) is 13.5 Å². The number of esters is 1. The Kier molecular flexibility index (Phi) is 7.42. The number of carbonyl (C=O) groups is 2. The van der Waals surface area contributed by atoms with Crippen molar-refractivity contribution >= 4 is 23.0 Å². The number of nitrogens with one attached hydrogen (secondary N) is 1. The molecule has 0 radical (unpaired) electrons. The SMILES string of the molecule is COc1ccc(-c2cc(=O)oc3cc(OC(=O)CCNC(=O)OCc4ccccc4)ccc23)cc1. The van der Waals surface area contributed by atoms with E-state index in [0.29, 0.717) is 16.7 Å². The summed E-state index contributed by atoms with van der Waals surface area (Å²) in [5.41, 5.74) is 2.13. The van der Waals surface area contributed by atoms with Crippen molar-refractivity contribution in [2.24, 2.45) is 0 Å². The highest BCUT2D eigenvalue weighted by Crippen LogP contribution is 2.30. The average Bonchev–Trinajstić information content (AvgIpc) is 2.87. The van der Waals surface area contributed by atoms with Gasteiger partial charge in [0.1, 0.15) is 23.7 Å². The minimum atomic E-state index is -0.625. The van der Waals surface area contributed by atoms with E-state index >= 15 is 0 Å². The van der Waals surface area contributed by atoms with Crippen molar-refractivity contribution in [3.8, 4) is 22.6 Å². The number of methoxy groups -OCH3 is 1. The summed E-state index contributed by atoms with van der Waals surface area (Å²) in [6, 6.07) is 22.8. The molecule has 0 saturated carbocycles. The van der Waals surface area contributed by atoms with Gasteiger partial charge in [-0.05, 0) is 41.0 Å². The number of carbonyl (C=O) groups excluding carboxylic acids is 2. The van der Waals surface area contributed by atoms with Gasteiger partial charge in [-0.3, -0.25) is 4.79 Å². The number of hydrogen-bond acceptors (Lipinski definition) is 7. The van der Waals surface area contributed by atoms with Crippen LogP contribution in [0, 0.1) is 0 Å². The number of benzene rings is 3. The zero-order valence-corrected chi connectivity index (χ0v) is 19.0. The zero-order valence-electron chi connectivity index (χ0n) is 19.0. The number of hydrogen-bond donors (Lipinski definition) is 1. The van der Waals surface area contributed by atoms with Crippen molar-refractivity contribution in [2.45, 2.75) is 13.0 Å². The van der Waals surface area contributed by atoms with E-state index < -0.39 is 17.7 Å². The number of ether oxygens (including phenoxy) is 3. The molecule has 0 spiro atoms. The first-order valence-corrected chi connectivity index (χ1v) is 10.9. The van der Waals surface area contributed by atoms with Crippen LogP contribution in [0.1, 0.15) is 12.0 Å². The van der Waals surface area contributed by atoms with Gasteiger partial charge in [0.15, 0.2) is 0 Å². The van der Waals surface area contributed by atoms with Crippen molar-refractivity contribution in [1.82, 2.24) is 5.32 Å². The van der Waals surface area contributed by atoms with E-state index in [0.717, 1.165) is 11.1 Å². The van der Waals surface area contributed by atoms with Crippen LogP contribution in [-0.4, -0.2) is 25.7 Å². The lowest BCUT2D eigenvalue weighted by atomic mass is 10.0. The molecule has 8 heteroatoms. The molecule has 0 saturated heterocycles. The molecule has 0 bridgehead atoms. The van der Waals surface area contributed by atoms with Crippen LogP contribution in [0.15, 0.2) is 88.1 Å². The average molecular weight is 473 g/mol. The Labute approximate surface area is 201 Å². The molecule has 0 aliphatic heterocycles. The summed E-state index contributed by atoms with van der Waals surface area (Å²) in [5.74, 6) is 0.375. The lowest BCUT2D eigenvalue weighted by molar-refractivity contribution is -0.134. The van der Waals surface area contributed by atoms with E-state index in [1.807, 2.05) is 42.5 Å². The summed E-state index contributed by atoms with van der Waals surface area (Å²) in [7, 11) is 1.58. The molecule has 3 aromatic carbocycles. The highest BCUT2D eigenvalue weighted by molar-refractivity contribution is 5.94. The largest absolute Gasteiger partial charge is 0.497 e.